The highest BCUT2D eigenvalue weighted by Crippen LogP contribution is 2.36. The zero-order valence-corrected chi connectivity index (χ0v) is 14.7. The molecule has 1 amide bonds. The molecule has 0 saturated carbocycles. The number of amidine groups is 1. The third-order valence-electron chi connectivity index (χ3n) is 3.81. The summed E-state index contributed by atoms with van der Waals surface area (Å²) in [5, 5.41) is 25.8. The van der Waals surface area contributed by atoms with Gasteiger partial charge in [-0.2, -0.15) is 0 Å². The summed E-state index contributed by atoms with van der Waals surface area (Å²) >= 11 is 0.905. The number of thioether (sulfide) groups is 1. The number of furan rings is 1. The molecule has 0 bridgehead atoms. The van der Waals surface area contributed by atoms with Crippen LogP contribution in [0.2, 0.25) is 0 Å². The average Bonchev–Trinajstić information content (AvgIpc) is 3.36. The summed E-state index contributed by atoms with van der Waals surface area (Å²) in [5.74, 6) is -1.19. The molecule has 4 rings (SSSR count). The minimum absolute atomic E-state index is 0.0261. The number of nitrogens with zero attached hydrogens (tertiary/aromatic N) is 3. The number of carboxylic acids is 1. The molecule has 1 aliphatic heterocycles. The van der Waals surface area contributed by atoms with E-state index in [0.29, 0.717) is 17.1 Å². The van der Waals surface area contributed by atoms with Crippen LogP contribution in [-0.4, -0.2) is 27.4 Å². The van der Waals surface area contributed by atoms with Crippen LogP contribution >= 0.6 is 11.8 Å². The number of aromatic carboxylic acids is 1. The number of carbonyl (C=O) groups excluding carboxylic acids is 2. The smallest absolute Gasteiger partial charge is 0.272 e. The van der Waals surface area contributed by atoms with Crippen molar-refractivity contribution in [2.45, 2.75) is 0 Å². The summed E-state index contributed by atoms with van der Waals surface area (Å²) in [5.41, 5.74) is 6.17. The monoisotopic (exact) mass is 396 g/mol. The molecular formula is C17H10N5O5S-. The fourth-order valence-corrected chi connectivity index (χ4v) is 3.36. The van der Waals surface area contributed by atoms with Gasteiger partial charge in [-0.1, -0.05) is 18.2 Å². The van der Waals surface area contributed by atoms with Crippen molar-refractivity contribution in [1.82, 2.24) is 10.3 Å². The van der Waals surface area contributed by atoms with Gasteiger partial charge in [0.15, 0.2) is 5.17 Å². The lowest BCUT2D eigenvalue weighted by molar-refractivity contribution is -0.255. The number of nitrogen functional groups attached to an aromatic ring is 1. The number of nitrogens with one attached hydrogen (secondary N) is 1. The molecule has 2 aromatic heterocycles. The lowest BCUT2D eigenvalue weighted by Gasteiger charge is -2.08. The van der Waals surface area contributed by atoms with Gasteiger partial charge in [-0.05, 0) is 45.8 Å². The Bertz CT molecular complexity index is 1150. The molecule has 1 aromatic carbocycles. The molecule has 0 unspecified atom stereocenters. The molecule has 10 nitrogen and oxygen atoms in total. The molecule has 28 heavy (non-hydrogen) atoms. The molecule has 1 saturated heterocycles. The Labute approximate surface area is 161 Å². The van der Waals surface area contributed by atoms with Gasteiger partial charge in [0, 0.05) is 11.6 Å². The Balaban J connectivity index is 1.62. The van der Waals surface area contributed by atoms with Crippen molar-refractivity contribution in [3.05, 3.63) is 52.6 Å². The quantitative estimate of drug-likeness (QED) is 0.619. The Kier molecular flexibility index (Phi) is 4.20. The van der Waals surface area contributed by atoms with Gasteiger partial charge in [0.2, 0.25) is 11.6 Å². The maximum atomic E-state index is 12.6. The van der Waals surface area contributed by atoms with Crippen molar-refractivity contribution >= 4 is 46.5 Å². The van der Waals surface area contributed by atoms with Crippen LogP contribution in [0.3, 0.4) is 0 Å². The summed E-state index contributed by atoms with van der Waals surface area (Å²) < 4.78 is 10.2. The topological polar surface area (TPSA) is 162 Å². The molecular weight excluding hydrogens is 386 g/mol. The summed E-state index contributed by atoms with van der Waals surface area (Å²) in [6.45, 7) is 0. The molecule has 0 atom stereocenters. The van der Waals surface area contributed by atoms with Crippen LogP contribution < -0.4 is 15.7 Å². The third kappa shape index (κ3) is 3.03. The van der Waals surface area contributed by atoms with Gasteiger partial charge in [0.25, 0.3) is 5.91 Å². The van der Waals surface area contributed by atoms with E-state index in [2.05, 4.69) is 14.9 Å². The van der Waals surface area contributed by atoms with Crippen molar-refractivity contribution in [3.8, 4) is 11.3 Å². The van der Waals surface area contributed by atoms with Crippen LogP contribution in [0.5, 0.6) is 0 Å². The Morgan fingerprint density at radius 2 is 2.11 bits per heavy atom. The average molecular weight is 396 g/mol. The fourth-order valence-electron chi connectivity index (χ4n) is 2.54. The number of hydrogen-bond donors (Lipinski definition) is 2. The van der Waals surface area contributed by atoms with Crippen molar-refractivity contribution in [3.63, 3.8) is 0 Å². The van der Waals surface area contributed by atoms with Crippen LogP contribution in [0, 0.1) is 5.41 Å². The van der Waals surface area contributed by atoms with E-state index in [1.807, 2.05) is 0 Å². The van der Waals surface area contributed by atoms with E-state index in [1.165, 1.54) is 18.2 Å². The number of nitrogens with two attached hydrogens (primary N) is 1. The van der Waals surface area contributed by atoms with Crippen LogP contribution in [0.1, 0.15) is 16.1 Å². The van der Waals surface area contributed by atoms with Crippen LogP contribution in [0.15, 0.2) is 50.3 Å². The zero-order valence-electron chi connectivity index (χ0n) is 13.9. The number of amides is 1. The molecule has 1 aliphatic rings. The highest BCUT2D eigenvalue weighted by molar-refractivity contribution is 8.19. The zero-order chi connectivity index (χ0) is 19.8. The van der Waals surface area contributed by atoms with Crippen LogP contribution in [0.4, 0.5) is 11.6 Å². The van der Waals surface area contributed by atoms with E-state index >= 15 is 0 Å². The predicted molar refractivity (Wildman–Crippen MR) is 98.0 cm³/mol. The number of benzene rings is 1. The SMILES string of the molecule is N=C1SC(=Cc2ccc(-c3cccc(C(=O)[O-])c3)o2)C(=O)N1c1nonc1N. The number of carboxylic acid groups (broad SMARTS) is 1. The van der Waals surface area contributed by atoms with Gasteiger partial charge < -0.3 is 20.1 Å². The van der Waals surface area contributed by atoms with E-state index in [9.17, 15) is 14.7 Å². The maximum absolute atomic E-state index is 12.6. The molecule has 0 radical (unpaired) electrons. The van der Waals surface area contributed by atoms with Crippen molar-refractivity contribution in [2.75, 3.05) is 10.6 Å². The highest BCUT2D eigenvalue weighted by Gasteiger charge is 2.37. The van der Waals surface area contributed by atoms with Gasteiger partial charge in [-0.3, -0.25) is 10.2 Å². The molecule has 3 N–H and O–H groups in total. The predicted octanol–water partition coefficient (Wildman–Crippen LogP) is 1.33. The highest BCUT2D eigenvalue weighted by atomic mass is 32.2. The molecule has 0 spiro atoms. The van der Waals surface area contributed by atoms with Crippen molar-refractivity contribution < 1.29 is 23.7 Å². The third-order valence-corrected chi connectivity index (χ3v) is 4.70. The number of aromatic nitrogens is 2. The first-order chi connectivity index (χ1) is 13.4. The maximum Gasteiger partial charge on any atom is 0.272 e. The van der Waals surface area contributed by atoms with E-state index in [4.69, 9.17) is 15.6 Å². The molecule has 0 aliphatic carbocycles. The van der Waals surface area contributed by atoms with E-state index in [-0.39, 0.29) is 27.3 Å². The number of carbonyl (C=O) groups is 2. The molecule has 1 fully saturated rings. The summed E-state index contributed by atoms with van der Waals surface area (Å²) in [4.78, 5) is 24.8. The largest absolute Gasteiger partial charge is 0.545 e. The second-order valence-electron chi connectivity index (χ2n) is 5.60. The lowest BCUT2D eigenvalue weighted by Crippen LogP contribution is -2.29. The normalized spacial score (nSPS) is 15.6. The molecule has 3 aromatic rings. The van der Waals surface area contributed by atoms with Gasteiger partial charge in [-0.25, -0.2) is 9.53 Å². The summed E-state index contributed by atoms with van der Waals surface area (Å²) in [7, 11) is 0. The first-order valence-corrected chi connectivity index (χ1v) is 8.58. The first-order valence-electron chi connectivity index (χ1n) is 7.76. The lowest BCUT2D eigenvalue weighted by atomic mass is 10.1. The fraction of sp³-hybridized carbons (Fsp3) is 0. The Hall–Kier alpha value is -3.86. The Morgan fingerprint density at radius 1 is 1.29 bits per heavy atom. The molecule has 140 valence electrons. The van der Waals surface area contributed by atoms with Crippen molar-refractivity contribution in [2.24, 2.45) is 0 Å². The minimum atomic E-state index is -1.29. The van der Waals surface area contributed by atoms with Gasteiger partial charge in [0.05, 0.1) is 10.9 Å². The van der Waals surface area contributed by atoms with E-state index < -0.39 is 11.9 Å². The minimum Gasteiger partial charge on any atom is -0.545 e. The number of anilines is 2. The molecule has 11 heteroatoms. The summed E-state index contributed by atoms with van der Waals surface area (Å²) in [6, 6.07) is 9.39. The first kappa shape index (κ1) is 17.5. The van der Waals surface area contributed by atoms with Crippen LogP contribution in [-0.2, 0) is 4.79 Å². The number of hydrogen-bond acceptors (Lipinski definition) is 10. The summed E-state index contributed by atoms with van der Waals surface area (Å²) in [6.07, 6.45) is 1.47. The number of rotatable bonds is 4. The second-order valence-corrected chi connectivity index (χ2v) is 6.63. The molecule has 3 heterocycles. The van der Waals surface area contributed by atoms with Gasteiger partial charge >= 0.3 is 0 Å². The van der Waals surface area contributed by atoms with E-state index in [1.54, 1.807) is 24.3 Å². The van der Waals surface area contributed by atoms with E-state index in [0.717, 1.165) is 16.7 Å². The van der Waals surface area contributed by atoms with Gasteiger partial charge in [-0.15, -0.1) is 0 Å². The Morgan fingerprint density at radius 3 is 2.82 bits per heavy atom. The van der Waals surface area contributed by atoms with Crippen molar-refractivity contribution in [1.29, 1.82) is 5.41 Å². The second kappa shape index (κ2) is 6.70. The standard InChI is InChI=1S/C17H11N5O5S/c18-13-14(21-27-20-13)22-15(23)12(28-17(22)19)7-10-4-5-11(26-10)8-2-1-3-9(6-8)16(24)25/h1-7,19H,(H2,18,20)(H,24,25)/p-1. The van der Waals surface area contributed by atoms with Gasteiger partial charge in [0.1, 0.15) is 11.5 Å². The van der Waals surface area contributed by atoms with Crippen LogP contribution in [0.25, 0.3) is 17.4 Å².